The SMILES string of the molecule is CCOc1ccc(N2C(=NC(=O)CCNC(=O)OC(C)(C)C)S[C@H]3CS(=O)(=O)C[C@H]32)cc1. The number of benzene rings is 1. The van der Waals surface area contributed by atoms with Crippen molar-refractivity contribution in [2.75, 3.05) is 29.6 Å². The second-order valence-electron chi connectivity index (χ2n) is 8.56. The molecule has 0 bridgehead atoms. The average molecular weight is 484 g/mol. The molecule has 0 spiro atoms. The van der Waals surface area contributed by atoms with Crippen molar-refractivity contribution in [3.8, 4) is 5.75 Å². The van der Waals surface area contributed by atoms with E-state index in [1.54, 1.807) is 20.8 Å². The number of sulfone groups is 1. The number of carbonyl (C=O) groups is 2. The van der Waals surface area contributed by atoms with Gasteiger partial charge in [-0.15, -0.1) is 0 Å². The van der Waals surface area contributed by atoms with Crippen molar-refractivity contribution in [3.05, 3.63) is 24.3 Å². The summed E-state index contributed by atoms with van der Waals surface area (Å²) >= 11 is 1.31. The van der Waals surface area contributed by atoms with Crippen molar-refractivity contribution in [2.45, 2.75) is 51.0 Å². The summed E-state index contributed by atoms with van der Waals surface area (Å²) in [5, 5.41) is 2.83. The van der Waals surface area contributed by atoms with Gasteiger partial charge in [-0.25, -0.2) is 13.2 Å². The summed E-state index contributed by atoms with van der Waals surface area (Å²) in [5.41, 5.74) is 0.134. The lowest BCUT2D eigenvalue weighted by Crippen LogP contribution is -2.37. The Kier molecular flexibility index (Phi) is 7.39. The van der Waals surface area contributed by atoms with Crippen LogP contribution in [-0.2, 0) is 19.4 Å². The second-order valence-corrected chi connectivity index (χ2v) is 11.9. The molecule has 9 nitrogen and oxygen atoms in total. The molecular weight excluding hydrogens is 454 g/mol. The van der Waals surface area contributed by atoms with Gasteiger partial charge in [-0.05, 0) is 52.0 Å². The first-order valence-electron chi connectivity index (χ1n) is 10.4. The summed E-state index contributed by atoms with van der Waals surface area (Å²) in [6, 6.07) is 7.01. The molecule has 2 aliphatic heterocycles. The lowest BCUT2D eigenvalue weighted by atomic mass is 10.2. The molecule has 1 aromatic carbocycles. The number of nitrogens with zero attached hydrogens (tertiary/aromatic N) is 2. The van der Waals surface area contributed by atoms with Gasteiger partial charge in [0.2, 0.25) is 5.91 Å². The second kappa shape index (κ2) is 9.70. The molecule has 1 N–H and O–H groups in total. The fourth-order valence-corrected chi connectivity index (χ4v) is 7.42. The Bertz CT molecular complexity index is 986. The van der Waals surface area contributed by atoms with E-state index in [0.717, 1.165) is 5.69 Å². The standard InChI is InChI=1S/C21H29N3O6S2/c1-5-29-15-8-6-14(7-9-15)24-16-12-32(27,28)13-17(16)31-19(24)23-18(25)10-11-22-20(26)30-21(2,3)4/h6-9,16-17H,5,10-13H2,1-4H3,(H,22,26)/t16-,17+/m1/s1. The maximum Gasteiger partial charge on any atom is 0.407 e. The van der Waals surface area contributed by atoms with Crippen LogP contribution in [0.3, 0.4) is 0 Å². The number of thioether (sulfide) groups is 1. The average Bonchev–Trinajstić information content (AvgIpc) is 3.12. The number of rotatable bonds is 6. The first kappa shape index (κ1) is 24.4. The fraction of sp³-hybridized carbons (Fsp3) is 0.571. The summed E-state index contributed by atoms with van der Waals surface area (Å²) in [6.45, 7) is 7.81. The molecule has 0 aliphatic carbocycles. The van der Waals surface area contributed by atoms with Gasteiger partial charge >= 0.3 is 6.09 Å². The van der Waals surface area contributed by atoms with Gasteiger partial charge in [0.1, 0.15) is 11.4 Å². The molecule has 0 radical (unpaired) electrons. The maximum absolute atomic E-state index is 12.5. The van der Waals surface area contributed by atoms with Gasteiger partial charge in [0.25, 0.3) is 0 Å². The van der Waals surface area contributed by atoms with Crippen molar-refractivity contribution in [1.29, 1.82) is 0 Å². The normalized spacial score (nSPS) is 23.1. The Balaban J connectivity index is 1.71. The van der Waals surface area contributed by atoms with Gasteiger partial charge in [0, 0.05) is 23.9 Å². The smallest absolute Gasteiger partial charge is 0.407 e. The number of anilines is 1. The van der Waals surface area contributed by atoms with Gasteiger partial charge < -0.3 is 19.7 Å². The van der Waals surface area contributed by atoms with Crippen molar-refractivity contribution in [3.63, 3.8) is 0 Å². The van der Waals surface area contributed by atoms with Gasteiger partial charge in [-0.3, -0.25) is 4.79 Å². The number of hydrogen-bond donors (Lipinski definition) is 1. The van der Waals surface area contributed by atoms with E-state index in [1.807, 2.05) is 36.1 Å². The van der Waals surface area contributed by atoms with Crippen LogP contribution in [0.25, 0.3) is 0 Å². The first-order valence-corrected chi connectivity index (χ1v) is 13.1. The topological polar surface area (TPSA) is 114 Å². The molecule has 32 heavy (non-hydrogen) atoms. The number of aliphatic imine (C=N–C) groups is 1. The van der Waals surface area contributed by atoms with Crippen LogP contribution in [0.4, 0.5) is 10.5 Å². The predicted molar refractivity (Wildman–Crippen MR) is 125 cm³/mol. The Morgan fingerprint density at radius 1 is 1.22 bits per heavy atom. The zero-order chi connectivity index (χ0) is 23.5. The molecule has 176 valence electrons. The van der Waals surface area contributed by atoms with Crippen LogP contribution in [0.2, 0.25) is 0 Å². The minimum atomic E-state index is -3.14. The Morgan fingerprint density at radius 2 is 1.91 bits per heavy atom. The molecule has 11 heteroatoms. The number of nitrogens with one attached hydrogen (secondary N) is 1. The summed E-state index contributed by atoms with van der Waals surface area (Å²) in [7, 11) is -3.14. The number of carbonyl (C=O) groups excluding carboxylic acids is 2. The molecule has 2 amide bonds. The lowest BCUT2D eigenvalue weighted by molar-refractivity contribution is -0.117. The molecular formula is C21H29N3O6S2. The fourth-order valence-electron chi connectivity index (χ4n) is 3.48. The van der Waals surface area contributed by atoms with E-state index in [0.29, 0.717) is 17.5 Å². The van der Waals surface area contributed by atoms with E-state index in [1.165, 1.54) is 11.8 Å². The van der Waals surface area contributed by atoms with E-state index >= 15 is 0 Å². The number of amidine groups is 1. The molecule has 2 saturated heterocycles. The minimum absolute atomic E-state index is 0.00799. The Hall–Kier alpha value is -2.27. The number of fused-ring (bicyclic) bond motifs is 1. The number of amides is 2. The molecule has 2 fully saturated rings. The molecule has 2 aliphatic rings. The number of hydrogen-bond acceptors (Lipinski definition) is 7. The minimum Gasteiger partial charge on any atom is -0.494 e. The highest BCUT2D eigenvalue weighted by Crippen LogP contribution is 2.41. The van der Waals surface area contributed by atoms with Crippen LogP contribution < -0.4 is 15.0 Å². The third-order valence-electron chi connectivity index (χ3n) is 4.72. The van der Waals surface area contributed by atoms with E-state index in [2.05, 4.69) is 10.3 Å². The first-order chi connectivity index (χ1) is 15.0. The number of ether oxygens (including phenoxy) is 2. The summed E-state index contributed by atoms with van der Waals surface area (Å²) in [6.07, 6.45) is -0.586. The van der Waals surface area contributed by atoms with Crippen molar-refractivity contribution >= 4 is 44.5 Å². The zero-order valence-electron chi connectivity index (χ0n) is 18.7. The summed E-state index contributed by atoms with van der Waals surface area (Å²) in [4.78, 5) is 30.3. The Labute approximate surface area is 192 Å². The highest BCUT2D eigenvalue weighted by Gasteiger charge is 2.49. The third-order valence-corrected chi connectivity index (χ3v) is 7.93. The van der Waals surface area contributed by atoms with Crippen LogP contribution in [0.1, 0.15) is 34.1 Å². The monoisotopic (exact) mass is 483 g/mol. The summed E-state index contributed by atoms with van der Waals surface area (Å²) < 4.78 is 35.0. The predicted octanol–water partition coefficient (Wildman–Crippen LogP) is 2.60. The van der Waals surface area contributed by atoms with Crippen LogP contribution in [-0.4, -0.2) is 67.1 Å². The maximum atomic E-state index is 12.5. The molecule has 2 heterocycles. The van der Waals surface area contributed by atoms with E-state index in [-0.39, 0.29) is 35.8 Å². The molecule has 0 aromatic heterocycles. The number of alkyl carbamates (subject to hydrolysis) is 1. The van der Waals surface area contributed by atoms with E-state index < -0.39 is 27.4 Å². The van der Waals surface area contributed by atoms with Crippen molar-refractivity contribution < 1.29 is 27.5 Å². The van der Waals surface area contributed by atoms with Gasteiger partial charge in [0.15, 0.2) is 15.0 Å². The molecule has 0 saturated carbocycles. The van der Waals surface area contributed by atoms with Crippen LogP contribution in [0.15, 0.2) is 29.3 Å². The van der Waals surface area contributed by atoms with Crippen LogP contribution in [0, 0.1) is 0 Å². The van der Waals surface area contributed by atoms with Crippen molar-refractivity contribution in [1.82, 2.24) is 5.32 Å². The molecule has 1 aromatic rings. The van der Waals surface area contributed by atoms with E-state index in [4.69, 9.17) is 9.47 Å². The van der Waals surface area contributed by atoms with Gasteiger partial charge in [-0.1, -0.05) is 11.8 Å². The lowest BCUT2D eigenvalue weighted by Gasteiger charge is -2.24. The van der Waals surface area contributed by atoms with Gasteiger partial charge in [0.05, 0.1) is 24.2 Å². The molecule has 2 atom stereocenters. The highest BCUT2D eigenvalue weighted by atomic mass is 32.2. The van der Waals surface area contributed by atoms with Gasteiger partial charge in [-0.2, -0.15) is 4.99 Å². The van der Waals surface area contributed by atoms with Crippen LogP contribution >= 0.6 is 11.8 Å². The molecule has 3 rings (SSSR count). The highest BCUT2D eigenvalue weighted by molar-refractivity contribution is 8.16. The zero-order valence-corrected chi connectivity index (χ0v) is 20.3. The summed E-state index contributed by atoms with van der Waals surface area (Å²) in [5.74, 6) is 0.387. The molecule has 0 unspecified atom stereocenters. The third kappa shape index (κ3) is 6.38. The quantitative estimate of drug-likeness (QED) is 0.657. The largest absolute Gasteiger partial charge is 0.494 e. The Morgan fingerprint density at radius 3 is 2.53 bits per heavy atom. The van der Waals surface area contributed by atoms with E-state index in [9.17, 15) is 18.0 Å². The van der Waals surface area contributed by atoms with Crippen LogP contribution in [0.5, 0.6) is 5.75 Å². The van der Waals surface area contributed by atoms with Crippen molar-refractivity contribution in [2.24, 2.45) is 4.99 Å².